The predicted octanol–water partition coefficient (Wildman–Crippen LogP) is 2.38. The van der Waals surface area contributed by atoms with Crippen molar-refractivity contribution in [1.82, 2.24) is 4.98 Å². The number of hydrogen-bond donors (Lipinski definition) is 2. The molecule has 3 unspecified atom stereocenters. The van der Waals surface area contributed by atoms with Gasteiger partial charge in [-0.05, 0) is 37.2 Å². The molecule has 0 aliphatic heterocycles. The van der Waals surface area contributed by atoms with Crippen molar-refractivity contribution in [2.45, 2.75) is 39.2 Å². The van der Waals surface area contributed by atoms with Crippen molar-refractivity contribution < 1.29 is 9.94 Å². The number of ether oxygens (including phenoxy) is 1. The Kier molecular flexibility index (Phi) is 4.24. The lowest BCUT2D eigenvalue weighted by molar-refractivity contribution is 0.100. The Morgan fingerprint density at radius 1 is 1.42 bits per heavy atom. The fraction of sp³-hybridized carbons (Fsp3) is 0.571. The number of oxime groups is 1. The van der Waals surface area contributed by atoms with Crippen molar-refractivity contribution in [3.63, 3.8) is 0 Å². The van der Waals surface area contributed by atoms with E-state index in [9.17, 15) is 0 Å². The lowest BCUT2D eigenvalue weighted by Gasteiger charge is -2.32. The number of aromatic nitrogens is 1. The number of rotatable bonds is 3. The summed E-state index contributed by atoms with van der Waals surface area (Å²) in [5, 5.41) is 11.8. The molecule has 1 aromatic rings. The molecule has 0 saturated heterocycles. The first-order valence-corrected chi connectivity index (χ1v) is 6.70. The van der Waals surface area contributed by atoms with Crippen LogP contribution in [0, 0.1) is 11.8 Å². The zero-order valence-corrected chi connectivity index (χ0v) is 11.4. The standard InChI is InChI=1S/C14H21N3O2/c1-9-3-4-11(7-10(9)2)19-13-8-16-6-5-12(13)14(15)17-18/h5-6,8-11,18H,3-4,7H2,1-2H3,(H2,15,17). The predicted molar refractivity (Wildman–Crippen MR) is 73.3 cm³/mol. The van der Waals surface area contributed by atoms with Gasteiger partial charge in [0.2, 0.25) is 0 Å². The summed E-state index contributed by atoms with van der Waals surface area (Å²) < 4.78 is 5.99. The van der Waals surface area contributed by atoms with E-state index in [4.69, 9.17) is 15.7 Å². The first-order chi connectivity index (χ1) is 9.11. The van der Waals surface area contributed by atoms with Gasteiger partial charge in [0.15, 0.2) is 5.84 Å². The Balaban J connectivity index is 2.11. The van der Waals surface area contributed by atoms with Crippen molar-refractivity contribution in [3.8, 4) is 5.75 Å². The summed E-state index contributed by atoms with van der Waals surface area (Å²) in [5.74, 6) is 2.04. The van der Waals surface area contributed by atoms with E-state index in [1.807, 2.05) is 0 Å². The van der Waals surface area contributed by atoms with Gasteiger partial charge in [-0.15, -0.1) is 0 Å². The minimum Gasteiger partial charge on any atom is -0.488 e. The number of amidine groups is 1. The summed E-state index contributed by atoms with van der Waals surface area (Å²) >= 11 is 0. The lowest BCUT2D eigenvalue weighted by atomic mass is 9.80. The summed E-state index contributed by atoms with van der Waals surface area (Å²) in [6.45, 7) is 4.54. The first kappa shape index (κ1) is 13.6. The summed E-state index contributed by atoms with van der Waals surface area (Å²) in [6, 6.07) is 1.69. The molecule has 0 spiro atoms. The minimum absolute atomic E-state index is 0.0506. The summed E-state index contributed by atoms with van der Waals surface area (Å²) in [6.07, 6.45) is 6.65. The second-order valence-electron chi connectivity index (χ2n) is 5.36. The van der Waals surface area contributed by atoms with Gasteiger partial charge in [0.05, 0.1) is 17.9 Å². The average molecular weight is 263 g/mol. The van der Waals surface area contributed by atoms with Crippen molar-refractivity contribution in [1.29, 1.82) is 0 Å². The molecule has 1 heterocycles. The fourth-order valence-corrected chi connectivity index (χ4v) is 2.52. The Morgan fingerprint density at radius 2 is 2.21 bits per heavy atom. The molecule has 0 bridgehead atoms. The maximum atomic E-state index is 8.78. The van der Waals surface area contributed by atoms with E-state index in [0.717, 1.165) is 18.8 Å². The SMILES string of the molecule is CC1CCC(Oc2cnccc2/C(N)=N/O)CC1C. The van der Waals surface area contributed by atoms with Crippen LogP contribution in [0.1, 0.15) is 38.7 Å². The molecular formula is C14H21N3O2. The van der Waals surface area contributed by atoms with Crippen LogP contribution in [0.2, 0.25) is 0 Å². The van der Waals surface area contributed by atoms with Gasteiger partial charge in [0, 0.05) is 6.20 Å². The van der Waals surface area contributed by atoms with E-state index in [-0.39, 0.29) is 11.9 Å². The topological polar surface area (TPSA) is 80.7 Å². The molecular weight excluding hydrogens is 242 g/mol. The van der Waals surface area contributed by atoms with E-state index >= 15 is 0 Å². The normalized spacial score (nSPS) is 28.1. The third-order valence-corrected chi connectivity index (χ3v) is 4.01. The lowest BCUT2D eigenvalue weighted by Crippen LogP contribution is -2.29. The van der Waals surface area contributed by atoms with Gasteiger partial charge < -0.3 is 15.7 Å². The molecule has 0 amide bonds. The quantitative estimate of drug-likeness (QED) is 0.380. The maximum absolute atomic E-state index is 8.78. The van der Waals surface area contributed by atoms with Crippen LogP contribution in [0.4, 0.5) is 0 Å². The molecule has 2 rings (SSSR count). The van der Waals surface area contributed by atoms with Crippen LogP contribution in [0.25, 0.3) is 0 Å². The summed E-state index contributed by atoms with van der Waals surface area (Å²) in [5.41, 5.74) is 6.23. The molecule has 3 N–H and O–H groups in total. The molecule has 1 fully saturated rings. The Morgan fingerprint density at radius 3 is 2.89 bits per heavy atom. The minimum atomic E-state index is 0.0506. The Labute approximate surface area is 113 Å². The molecule has 0 radical (unpaired) electrons. The Hall–Kier alpha value is -1.78. The molecule has 1 aliphatic carbocycles. The first-order valence-electron chi connectivity index (χ1n) is 6.70. The highest BCUT2D eigenvalue weighted by Gasteiger charge is 2.26. The largest absolute Gasteiger partial charge is 0.488 e. The number of hydrogen-bond acceptors (Lipinski definition) is 4. The molecule has 1 saturated carbocycles. The molecule has 0 aromatic carbocycles. The van der Waals surface area contributed by atoms with Crippen molar-refractivity contribution >= 4 is 5.84 Å². The van der Waals surface area contributed by atoms with Crippen molar-refractivity contribution in [2.24, 2.45) is 22.7 Å². The van der Waals surface area contributed by atoms with Crippen LogP contribution in [-0.2, 0) is 0 Å². The van der Waals surface area contributed by atoms with Crippen LogP contribution < -0.4 is 10.5 Å². The smallest absolute Gasteiger partial charge is 0.173 e. The van der Waals surface area contributed by atoms with Gasteiger partial charge in [-0.25, -0.2) is 0 Å². The number of pyridine rings is 1. The molecule has 5 nitrogen and oxygen atoms in total. The molecule has 1 aliphatic rings. The van der Waals surface area contributed by atoms with Crippen LogP contribution in [-0.4, -0.2) is 22.1 Å². The average Bonchev–Trinajstić information content (AvgIpc) is 2.43. The van der Waals surface area contributed by atoms with Crippen molar-refractivity contribution in [3.05, 3.63) is 24.0 Å². The van der Waals surface area contributed by atoms with E-state index in [0.29, 0.717) is 17.2 Å². The Bertz CT molecular complexity index is 462. The third kappa shape index (κ3) is 3.16. The molecule has 104 valence electrons. The second-order valence-corrected chi connectivity index (χ2v) is 5.36. The van der Waals surface area contributed by atoms with E-state index in [1.54, 1.807) is 18.5 Å². The monoisotopic (exact) mass is 263 g/mol. The van der Waals surface area contributed by atoms with Gasteiger partial charge in [0.25, 0.3) is 0 Å². The summed E-state index contributed by atoms with van der Waals surface area (Å²) in [7, 11) is 0. The van der Waals surface area contributed by atoms with Crippen molar-refractivity contribution in [2.75, 3.05) is 0 Å². The van der Waals surface area contributed by atoms with Crippen LogP contribution in [0.5, 0.6) is 5.75 Å². The van der Waals surface area contributed by atoms with Crippen LogP contribution in [0.15, 0.2) is 23.6 Å². The summed E-state index contributed by atoms with van der Waals surface area (Å²) in [4.78, 5) is 4.04. The molecule has 3 atom stereocenters. The highest BCUT2D eigenvalue weighted by molar-refractivity contribution is 5.99. The highest BCUT2D eigenvalue weighted by atomic mass is 16.5. The van der Waals surface area contributed by atoms with E-state index in [2.05, 4.69) is 24.0 Å². The van der Waals surface area contributed by atoms with Gasteiger partial charge in [-0.1, -0.05) is 19.0 Å². The third-order valence-electron chi connectivity index (χ3n) is 4.01. The van der Waals surface area contributed by atoms with Gasteiger partial charge >= 0.3 is 0 Å². The number of nitrogens with two attached hydrogens (primary N) is 1. The highest BCUT2D eigenvalue weighted by Crippen LogP contribution is 2.32. The van der Waals surface area contributed by atoms with Gasteiger partial charge in [-0.3, -0.25) is 4.98 Å². The fourth-order valence-electron chi connectivity index (χ4n) is 2.52. The van der Waals surface area contributed by atoms with E-state index in [1.165, 1.54) is 6.42 Å². The molecule has 19 heavy (non-hydrogen) atoms. The van der Waals surface area contributed by atoms with Gasteiger partial charge in [-0.2, -0.15) is 0 Å². The molecule has 1 aromatic heterocycles. The zero-order chi connectivity index (χ0) is 13.8. The maximum Gasteiger partial charge on any atom is 0.173 e. The van der Waals surface area contributed by atoms with E-state index < -0.39 is 0 Å². The number of nitrogens with zero attached hydrogens (tertiary/aromatic N) is 2. The molecule has 5 heteroatoms. The van der Waals surface area contributed by atoms with Crippen LogP contribution >= 0.6 is 0 Å². The van der Waals surface area contributed by atoms with Gasteiger partial charge in [0.1, 0.15) is 5.75 Å². The van der Waals surface area contributed by atoms with Crippen LogP contribution in [0.3, 0.4) is 0 Å². The zero-order valence-electron chi connectivity index (χ0n) is 11.4. The second kappa shape index (κ2) is 5.91.